The highest BCUT2D eigenvalue weighted by Crippen LogP contribution is 2.31. The second-order valence-corrected chi connectivity index (χ2v) is 4.38. The molecular weight excluding hydrogens is 246 g/mol. The van der Waals surface area contributed by atoms with Crippen molar-refractivity contribution in [2.24, 2.45) is 0 Å². The summed E-state index contributed by atoms with van der Waals surface area (Å²) in [6, 6.07) is 7.27. The van der Waals surface area contributed by atoms with E-state index in [4.69, 9.17) is 10.4 Å². The number of carbonyl (C=O) groups excluding carboxylic acids is 1. The van der Waals surface area contributed by atoms with Crippen LogP contribution in [-0.2, 0) is 16.0 Å². The fourth-order valence-corrected chi connectivity index (χ4v) is 2.15. The highest BCUT2D eigenvalue weighted by molar-refractivity contribution is 6.02. The Morgan fingerprint density at radius 1 is 1.58 bits per heavy atom. The minimum Gasteiger partial charge on any atom is -0.480 e. The maximum absolute atomic E-state index is 11.7. The average Bonchev–Trinajstić information content (AvgIpc) is 2.65. The topological polar surface area (TPSA) is 84.6 Å². The van der Waals surface area contributed by atoms with Gasteiger partial charge in [-0.15, -0.1) is 0 Å². The molecule has 0 aromatic heterocycles. The minimum atomic E-state index is -0.912. The summed E-state index contributed by atoms with van der Waals surface area (Å²) in [6.07, 6.45) is 0.256. The summed E-state index contributed by atoms with van der Waals surface area (Å²) in [7, 11) is 1.68. The third kappa shape index (κ3) is 2.50. The van der Waals surface area contributed by atoms with E-state index in [0.717, 1.165) is 16.9 Å². The number of aliphatic carboxylic acids is 1. The number of hydrogen-bond donors (Lipinski definition) is 1. The van der Waals surface area contributed by atoms with Crippen LogP contribution in [0.1, 0.15) is 5.56 Å². The molecule has 1 aromatic rings. The summed E-state index contributed by atoms with van der Waals surface area (Å²) in [5.74, 6) is -1.01. The Labute approximate surface area is 110 Å². The Bertz CT molecular complexity index is 577. The van der Waals surface area contributed by atoms with Gasteiger partial charge < -0.3 is 10.0 Å². The van der Waals surface area contributed by atoms with Crippen LogP contribution < -0.4 is 9.80 Å². The first-order chi connectivity index (χ1) is 9.02. The number of nitrogens with zero attached hydrogens (tertiary/aromatic N) is 3. The molecule has 1 aliphatic rings. The molecule has 0 saturated carbocycles. The maximum atomic E-state index is 11.7. The summed E-state index contributed by atoms with van der Waals surface area (Å²) in [6.45, 7) is -0.0647. The van der Waals surface area contributed by atoms with Crippen molar-refractivity contribution in [2.45, 2.75) is 6.42 Å². The zero-order chi connectivity index (χ0) is 14.0. The SMILES string of the molecule is CN(CC(=O)O)c1ccc2c(c1)CC(=O)N2CC#N. The Kier molecular flexibility index (Phi) is 3.38. The summed E-state index contributed by atoms with van der Waals surface area (Å²) in [4.78, 5) is 25.5. The summed E-state index contributed by atoms with van der Waals surface area (Å²) in [5, 5.41) is 17.4. The molecule has 0 spiro atoms. The molecule has 1 N–H and O–H groups in total. The van der Waals surface area contributed by atoms with Crippen LogP contribution in [0.5, 0.6) is 0 Å². The molecule has 0 fully saturated rings. The van der Waals surface area contributed by atoms with Gasteiger partial charge in [0.15, 0.2) is 0 Å². The van der Waals surface area contributed by atoms with Gasteiger partial charge in [0.1, 0.15) is 13.1 Å². The number of amides is 1. The van der Waals surface area contributed by atoms with E-state index < -0.39 is 5.97 Å². The summed E-state index contributed by atoms with van der Waals surface area (Å²) >= 11 is 0. The molecular formula is C13H13N3O3. The average molecular weight is 259 g/mol. The molecule has 2 rings (SSSR count). The molecule has 0 atom stereocenters. The Hall–Kier alpha value is -2.55. The number of carbonyl (C=O) groups is 2. The van der Waals surface area contributed by atoms with E-state index in [1.165, 1.54) is 4.90 Å². The lowest BCUT2D eigenvalue weighted by atomic mass is 10.1. The number of carboxylic acids is 1. The Morgan fingerprint density at radius 3 is 2.95 bits per heavy atom. The molecule has 1 amide bonds. The Morgan fingerprint density at radius 2 is 2.32 bits per heavy atom. The lowest BCUT2D eigenvalue weighted by Crippen LogP contribution is -2.26. The van der Waals surface area contributed by atoms with Crippen molar-refractivity contribution in [1.29, 1.82) is 5.26 Å². The predicted octanol–water partition coefficient (Wildman–Crippen LogP) is 0.620. The molecule has 1 heterocycles. The first kappa shape index (κ1) is 12.9. The number of carboxylic acid groups (broad SMARTS) is 1. The quantitative estimate of drug-likeness (QED) is 0.801. The van der Waals surface area contributed by atoms with Crippen LogP contribution in [0.2, 0.25) is 0 Å². The molecule has 0 aliphatic carbocycles. The molecule has 0 radical (unpaired) electrons. The van der Waals surface area contributed by atoms with E-state index in [1.807, 2.05) is 6.07 Å². The molecule has 0 bridgehead atoms. The molecule has 98 valence electrons. The number of nitriles is 1. The zero-order valence-electron chi connectivity index (χ0n) is 10.5. The third-order valence-electron chi connectivity index (χ3n) is 3.04. The van der Waals surface area contributed by atoms with E-state index in [-0.39, 0.29) is 25.4 Å². The normalized spacial score (nSPS) is 13.1. The number of likely N-dealkylation sites (N-methyl/N-ethyl adjacent to an activating group) is 1. The monoisotopic (exact) mass is 259 g/mol. The van der Waals surface area contributed by atoms with Crippen LogP contribution >= 0.6 is 0 Å². The van der Waals surface area contributed by atoms with Crippen LogP contribution in [0.3, 0.4) is 0 Å². The minimum absolute atomic E-state index is 0.0378. The number of hydrogen-bond acceptors (Lipinski definition) is 4. The standard InChI is InChI=1S/C13H13N3O3/c1-15(8-13(18)19)10-2-3-11-9(6-10)7-12(17)16(11)5-4-14/h2-3,6H,5,7-8H2,1H3,(H,18,19). The van der Waals surface area contributed by atoms with Crippen molar-refractivity contribution < 1.29 is 14.7 Å². The third-order valence-corrected chi connectivity index (χ3v) is 3.04. The van der Waals surface area contributed by atoms with Gasteiger partial charge in [0.05, 0.1) is 12.5 Å². The molecule has 1 aliphatic heterocycles. The van der Waals surface area contributed by atoms with E-state index in [0.29, 0.717) is 0 Å². The summed E-state index contributed by atoms with van der Waals surface area (Å²) in [5.41, 5.74) is 2.31. The van der Waals surface area contributed by atoms with E-state index in [9.17, 15) is 9.59 Å². The van der Waals surface area contributed by atoms with Gasteiger partial charge in [-0.2, -0.15) is 5.26 Å². The van der Waals surface area contributed by atoms with Crippen LogP contribution in [0.15, 0.2) is 18.2 Å². The molecule has 6 heteroatoms. The second-order valence-electron chi connectivity index (χ2n) is 4.38. The highest BCUT2D eigenvalue weighted by Gasteiger charge is 2.27. The summed E-state index contributed by atoms with van der Waals surface area (Å²) < 4.78 is 0. The highest BCUT2D eigenvalue weighted by atomic mass is 16.4. The van der Waals surface area contributed by atoms with Gasteiger partial charge in [0, 0.05) is 18.4 Å². The van der Waals surface area contributed by atoms with Crippen molar-refractivity contribution in [2.75, 3.05) is 29.9 Å². The predicted molar refractivity (Wildman–Crippen MR) is 69.0 cm³/mol. The van der Waals surface area contributed by atoms with Crippen molar-refractivity contribution in [3.8, 4) is 6.07 Å². The van der Waals surface area contributed by atoms with Crippen molar-refractivity contribution >= 4 is 23.3 Å². The van der Waals surface area contributed by atoms with E-state index in [2.05, 4.69) is 0 Å². The number of rotatable bonds is 4. The maximum Gasteiger partial charge on any atom is 0.323 e. The second kappa shape index (κ2) is 4.98. The van der Waals surface area contributed by atoms with Gasteiger partial charge in [0.25, 0.3) is 0 Å². The van der Waals surface area contributed by atoms with Crippen molar-refractivity contribution in [3.63, 3.8) is 0 Å². The van der Waals surface area contributed by atoms with Gasteiger partial charge in [0.2, 0.25) is 5.91 Å². The van der Waals surface area contributed by atoms with Crippen LogP contribution in [0.4, 0.5) is 11.4 Å². The van der Waals surface area contributed by atoms with E-state index in [1.54, 1.807) is 30.1 Å². The smallest absolute Gasteiger partial charge is 0.323 e. The van der Waals surface area contributed by atoms with Crippen molar-refractivity contribution in [1.82, 2.24) is 0 Å². The van der Waals surface area contributed by atoms with Gasteiger partial charge in [-0.25, -0.2) is 0 Å². The largest absolute Gasteiger partial charge is 0.480 e. The molecule has 0 unspecified atom stereocenters. The van der Waals surface area contributed by atoms with Gasteiger partial charge in [-0.1, -0.05) is 0 Å². The van der Waals surface area contributed by atoms with Crippen LogP contribution in [-0.4, -0.2) is 37.1 Å². The molecule has 1 aromatic carbocycles. The first-order valence-corrected chi connectivity index (χ1v) is 5.76. The fraction of sp³-hybridized carbons (Fsp3) is 0.308. The fourth-order valence-electron chi connectivity index (χ4n) is 2.15. The molecule has 6 nitrogen and oxygen atoms in total. The number of anilines is 2. The van der Waals surface area contributed by atoms with Gasteiger partial charge >= 0.3 is 5.97 Å². The van der Waals surface area contributed by atoms with E-state index >= 15 is 0 Å². The van der Waals surface area contributed by atoms with Crippen LogP contribution in [0.25, 0.3) is 0 Å². The molecule has 0 saturated heterocycles. The number of benzene rings is 1. The number of fused-ring (bicyclic) bond motifs is 1. The first-order valence-electron chi connectivity index (χ1n) is 5.76. The van der Waals surface area contributed by atoms with Gasteiger partial charge in [-0.3, -0.25) is 14.5 Å². The van der Waals surface area contributed by atoms with Gasteiger partial charge in [-0.05, 0) is 23.8 Å². The molecule has 19 heavy (non-hydrogen) atoms. The zero-order valence-corrected chi connectivity index (χ0v) is 10.5. The van der Waals surface area contributed by atoms with Crippen molar-refractivity contribution in [3.05, 3.63) is 23.8 Å². The lowest BCUT2D eigenvalue weighted by Gasteiger charge is -2.18. The lowest BCUT2D eigenvalue weighted by molar-refractivity contribution is -0.135. The van der Waals surface area contributed by atoms with Crippen LogP contribution in [0, 0.1) is 11.3 Å². The Balaban J connectivity index is 2.27.